The Hall–Kier alpha value is -2.18. The van der Waals surface area contributed by atoms with E-state index in [4.69, 9.17) is 4.74 Å². The van der Waals surface area contributed by atoms with Crippen molar-refractivity contribution in [3.8, 4) is 11.4 Å². The molecule has 0 unspecified atom stereocenters. The number of amides is 1. The third-order valence-electron chi connectivity index (χ3n) is 4.42. The van der Waals surface area contributed by atoms with E-state index in [2.05, 4.69) is 26.7 Å². The summed E-state index contributed by atoms with van der Waals surface area (Å²) in [5, 5.41) is 2.97. The lowest BCUT2D eigenvalue weighted by molar-refractivity contribution is -0.132. The van der Waals surface area contributed by atoms with Gasteiger partial charge in [0.1, 0.15) is 11.9 Å². The molecule has 1 saturated heterocycles. The summed E-state index contributed by atoms with van der Waals surface area (Å²) in [7, 11) is 2.00. The van der Waals surface area contributed by atoms with Crippen LogP contribution in [-0.2, 0) is 16.1 Å². The van der Waals surface area contributed by atoms with Gasteiger partial charge in [0.05, 0.1) is 6.61 Å². The van der Waals surface area contributed by atoms with E-state index in [1.165, 1.54) is 0 Å². The van der Waals surface area contributed by atoms with Crippen molar-refractivity contribution in [3.63, 3.8) is 0 Å². The van der Waals surface area contributed by atoms with E-state index in [9.17, 15) is 4.79 Å². The second-order valence-corrected chi connectivity index (χ2v) is 6.49. The number of anilines is 1. The average molecular weight is 342 g/mol. The van der Waals surface area contributed by atoms with Gasteiger partial charge >= 0.3 is 0 Å². The van der Waals surface area contributed by atoms with Gasteiger partial charge in [0.15, 0.2) is 0 Å². The lowest BCUT2D eigenvalue weighted by Gasteiger charge is -2.29. The number of benzene rings is 1. The van der Waals surface area contributed by atoms with Crippen molar-refractivity contribution in [1.82, 2.24) is 14.5 Å². The van der Waals surface area contributed by atoms with Crippen LogP contribution < -0.4 is 5.32 Å². The molecule has 134 valence electrons. The highest BCUT2D eigenvalue weighted by molar-refractivity contribution is 5.94. The summed E-state index contributed by atoms with van der Waals surface area (Å²) in [6.45, 7) is 5.19. The van der Waals surface area contributed by atoms with E-state index in [0.29, 0.717) is 13.2 Å². The van der Waals surface area contributed by atoms with Crippen LogP contribution in [0.2, 0.25) is 0 Å². The van der Waals surface area contributed by atoms with Crippen molar-refractivity contribution in [2.75, 3.05) is 32.1 Å². The Morgan fingerprint density at radius 3 is 3.12 bits per heavy atom. The quantitative estimate of drug-likeness (QED) is 0.877. The monoisotopic (exact) mass is 342 g/mol. The third kappa shape index (κ3) is 4.46. The molecule has 1 aliphatic heterocycles. The van der Waals surface area contributed by atoms with Gasteiger partial charge in [-0.3, -0.25) is 4.79 Å². The topological polar surface area (TPSA) is 59.4 Å². The maximum Gasteiger partial charge on any atom is 0.254 e. The molecule has 1 aliphatic rings. The summed E-state index contributed by atoms with van der Waals surface area (Å²) in [4.78, 5) is 19.0. The molecule has 0 spiro atoms. The van der Waals surface area contributed by atoms with Crippen LogP contribution in [0.3, 0.4) is 0 Å². The summed E-state index contributed by atoms with van der Waals surface area (Å²) in [5.41, 5.74) is 1.77. The van der Waals surface area contributed by atoms with Crippen LogP contribution in [0.4, 0.5) is 5.69 Å². The van der Waals surface area contributed by atoms with E-state index in [1.807, 2.05) is 43.7 Å². The minimum absolute atomic E-state index is 0.0991. The van der Waals surface area contributed by atoms with Crippen molar-refractivity contribution < 1.29 is 9.53 Å². The van der Waals surface area contributed by atoms with Crippen molar-refractivity contribution in [2.45, 2.75) is 32.4 Å². The maximum absolute atomic E-state index is 12.4. The number of nitrogens with one attached hydrogen (secondary N) is 1. The van der Waals surface area contributed by atoms with Crippen molar-refractivity contribution in [2.24, 2.45) is 0 Å². The molecule has 2 aromatic rings. The van der Waals surface area contributed by atoms with Gasteiger partial charge in [-0.1, -0.05) is 25.5 Å². The van der Waals surface area contributed by atoms with Crippen LogP contribution >= 0.6 is 0 Å². The fraction of sp³-hybridized carbons (Fsp3) is 0.474. The predicted molar refractivity (Wildman–Crippen MR) is 98.4 cm³/mol. The first-order valence-electron chi connectivity index (χ1n) is 8.90. The number of imidazole rings is 1. The standard InChI is InChI=1S/C19H26N4O2/c1-3-4-9-23-10-8-20-18(23)15-6-5-7-16(13-15)21-19(24)17-14-22(2)11-12-25-17/h5-8,10,13,17H,3-4,9,11-12,14H2,1-2H3,(H,21,24)/t17-/m1/s1. The number of carbonyl (C=O) groups is 1. The normalized spacial score (nSPS) is 18.2. The largest absolute Gasteiger partial charge is 0.366 e. The van der Waals surface area contributed by atoms with Gasteiger partial charge in [0, 0.05) is 43.3 Å². The first kappa shape index (κ1) is 17.6. The second-order valence-electron chi connectivity index (χ2n) is 6.49. The van der Waals surface area contributed by atoms with Gasteiger partial charge in [-0.25, -0.2) is 4.98 Å². The zero-order valence-corrected chi connectivity index (χ0v) is 14.9. The van der Waals surface area contributed by atoms with E-state index >= 15 is 0 Å². The Kier molecular flexibility index (Phi) is 5.83. The fourth-order valence-electron chi connectivity index (χ4n) is 2.97. The molecular weight excluding hydrogens is 316 g/mol. The van der Waals surface area contributed by atoms with Crippen LogP contribution in [0.1, 0.15) is 19.8 Å². The van der Waals surface area contributed by atoms with E-state index in [-0.39, 0.29) is 5.91 Å². The van der Waals surface area contributed by atoms with E-state index in [0.717, 1.165) is 43.0 Å². The number of aryl methyl sites for hydroxylation is 1. The molecule has 0 aliphatic carbocycles. The Labute approximate surface area is 148 Å². The summed E-state index contributed by atoms with van der Waals surface area (Å²) >= 11 is 0. The van der Waals surface area contributed by atoms with Gasteiger partial charge in [-0.05, 0) is 25.6 Å². The van der Waals surface area contributed by atoms with Crippen LogP contribution in [0, 0.1) is 0 Å². The third-order valence-corrected chi connectivity index (χ3v) is 4.42. The summed E-state index contributed by atoms with van der Waals surface area (Å²) in [5.74, 6) is 0.830. The molecule has 1 N–H and O–H groups in total. The lowest BCUT2D eigenvalue weighted by atomic mass is 10.1. The van der Waals surface area contributed by atoms with Crippen LogP contribution in [0.25, 0.3) is 11.4 Å². The molecule has 0 saturated carbocycles. The highest BCUT2D eigenvalue weighted by Crippen LogP contribution is 2.22. The average Bonchev–Trinajstić information content (AvgIpc) is 3.08. The molecule has 1 fully saturated rings. The highest BCUT2D eigenvalue weighted by atomic mass is 16.5. The molecule has 25 heavy (non-hydrogen) atoms. The molecule has 0 bridgehead atoms. The molecule has 1 aromatic heterocycles. The van der Waals surface area contributed by atoms with E-state index < -0.39 is 6.10 Å². The van der Waals surface area contributed by atoms with Crippen LogP contribution in [0.5, 0.6) is 0 Å². The van der Waals surface area contributed by atoms with Crippen molar-refractivity contribution in [1.29, 1.82) is 0 Å². The number of morpholine rings is 1. The number of likely N-dealkylation sites (N-methyl/N-ethyl adjacent to an activating group) is 1. The lowest BCUT2D eigenvalue weighted by Crippen LogP contribution is -2.46. The zero-order chi connectivity index (χ0) is 17.6. The van der Waals surface area contributed by atoms with Gasteiger partial charge in [0.25, 0.3) is 5.91 Å². The maximum atomic E-state index is 12.4. The number of unbranched alkanes of at least 4 members (excludes halogenated alkanes) is 1. The van der Waals surface area contributed by atoms with E-state index in [1.54, 1.807) is 0 Å². The first-order chi connectivity index (χ1) is 12.2. The Balaban J connectivity index is 1.71. The summed E-state index contributed by atoms with van der Waals surface area (Å²) in [6.07, 6.45) is 5.66. The smallest absolute Gasteiger partial charge is 0.254 e. The number of carbonyl (C=O) groups excluding carboxylic acids is 1. The van der Waals surface area contributed by atoms with Crippen molar-refractivity contribution >= 4 is 11.6 Å². The van der Waals surface area contributed by atoms with Crippen LogP contribution in [0.15, 0.2) is 36.7 Å². The first-order valence-corrected chi connectivity index (χ1v) is 8.90. The van der Waals surface area contributed by atoms with Crippen LogP contribution in [-0.4, -0.2) is 53.2 Å². The number of nitrogens with zero attached hydrogens (tertiary/aromatic N) is 3. The Morgan fingerprint density at radius 2 is 2.32 bits per heavy atom. The molecule has 0 radical (unpaired) electrons. The Morgan fingerprint density at radius 1 is 1.44 bits per heavy atom. The van der Waals surface area contributed by atoms with Gasteiger partial charge < -0.3 is 19.5 Å². The molecule has 2 heterocycles. The second kappa shape index (κ2) is 8.27. The molecule has 1 aromatic carbocycles. The van der Waals surface area contributed by atoms with Crippen molar-refractivity contribution in [3.05, 3.63) is 36.7 Å². The SMILES string of the molecule is CCCCn1ccnc1-c1cccc(NC(=O)[C@H]2CN(C)CCO2)c1. The fourth-order valence-corrected chi connectivity index (χ4v) is 2.97. The molecular formula is C19H26N4O2. The minimum Gasteiger partial charge on any atom is -0.366 e. The highest BCUT2D eigenvalue weighted by Gasteiger charge is 2.24. The predicted octanol–water partition coefficient (Wildman–Crippen LogP) is 2.62. The molecule has 1 atom stereocenters. The molecule has 3 rings (SSSR count). The number of hydrogen-bond donors (Lipinski definition) is 1. The number of rotatable bonds is 6. The molecule has 6 nitrogen and oxygen atoms in total. The number of ether oxygens (including phenoxy) is 1. The Bertz CT molecular complexity index is 713. The molecule has 6 heteroatoms. The van der Waals surface area contributed by atoms with Gasteiger partial charge in [-0.2, -0.15) is 0 Å². The summed E-state index contributed by atoms with van der Waals surface area (Å²) < 4.78 is 7.73. The number of hydrogen-bond acceptors (Lipinski definition) is 4. The molecule has 1 amide bonds. The minimum atomic E-state index is -0.422. The zero-order valence-electron chi connectivity index (χ0n) is 14.9. The van der Waals surface area contributed by atoms with Gasteiger partial charge in [0.2, 0.25) is 0 Å². The summed E-state index contributed by atoms with van der Waals surface area (Å²) in [6, 6.07) is 7.82. The van der Waals surface area contributed by atoms with Gasteiger partial charge in [-0.15, -0.1) is 0 Å². The number of aromatic nitrogens is 2.